The zero-order valence-electron chi connectivity index (χ0n) is 21.7. The lowest BCUT2D eigenvalue weighted by atomic mass is 9.82. The Hall–Kier alpha value is -3.06. The van der Waals surface area contributed by atoms with Gasteiger partial charge in [0.2, 0.25) is 0 Å². The molecule has 1 aliphatic heterocycles. The number of aliphatic hydroxyl groups is 1. The van der Waals surface area contributed by atoms with Crippen LogP contribution in [0.4, 0.5) is 22.0 Å². The number of thioether (sulfide) groups is 1. The van der Waals surface area contributed by atoms with E-state index in [1.807, 2.05) is 0 Å². The van der Waals surface area contributed by atoms with Crippen LogP contribution < -0.4 is 0 Å². The molecule has 1 fully saturated rings. The second kappa shape index (κ2) is 12.2. The molecule has 0 amide bonds. The minimum Gasteiger partial charge on any atom is -0.382 e. The SMILES string of the molecule is CC(C)(SC1COC(C=CC=Cc2ccc(C(F)(F)F)cc2)OC1)C(O)(Cn1cncn1)c1ccc(F)cc1F. The molecule has 1 atom stereocenters. The van der Waals surface area contributed by atoms with Crippen molar-refractivity contribution in [3.05, 3.63) is 102 Å². The quantitative estimate of drug-likeness (QED) is 0.248. The Morgan fingerprint density at radius 2 is 1.75 bits per heavy atom. The van der Waals surface area contributed by atoms with Crippen LogP contribution in [0.1, 0.15) is 30.5 Å². The van der Waals surface area contributed by atoms with Crippen LogP contribution in [0.2, 0.25) is 0 Å². The van der Waals surface area contributed by atoms with E-state index in [9.17, 15) is 27.1 Å². The molecule has 40 heavy (non-hydrogen) atoms. The standard InChI is InChI=1S/C28H28F5N3O3S/c1-26(2,27(37,16-36-18-34-17-35-36)23-12-11-21(29)13-24(23)30)40-22-14-38-25(39-15-22)6-4-3-5-19-7-9-20(10-8-19)28(31,32)33/h3-13,17-18,22,25,37H,14-16H2,1-2H3. The summed E-state index contributed by atoms with van der Waals surface area (Å²) >= 11 is 1.35. The van der Waals surface area contributed by atoms with Crippen molar-refractivity contribution in [3.8, 4) is 0 Å². The Morgan fingerprint density at radius 1 is 1.05 bits per heavy atom. The Kier molecular flexibility index (Phi) is 9.13. The van der Waals surface area contributed by atoms with E-state index in [2.05, 4.69) is 10.1 Å². The average Bonchev–Trinajstić information content (AvgIpc) is 3.40. The fraction of sp³-hybridized carbons (Fsp3) is 0.357. The molecule has 0 saturated carbocycles. The number of ether oxygens (including phenoxy) is 2. The lowest BCUT2D eigenvalue weighted by Crippen LogP contribution is -2.51. The Bertz CT molecular complexity index is 1320. The molecule has 0 bridgehead atoms. The molecule has 0 spiro atoms. The van der Waals surface area contributed by atoms with E-state index in [0.29, 0.717) is 5.56 Å². The molecule has 1 N–H and O–H groups in total. The predicted octanol–water partition coefficient (Wildman–Crippen LogP) is 5.99. The molecule has 214 valence electrons. The van der Waals surface area contributed by atoms with E-state index in [0.717, 1.165) is 24.3 Å². The molecule has 1 unspecified atom stereocenters. The van der Waals surface area contributed by atoms with E-state index < -0.39 is 40.0 Å². The lowest BCUT2D eigenvalue weighted by molar-refractivity contribution is -0.146. The number of rotatable bonds is 9. The number of hydrogen-bond acceptors (Lipinski definition) is 6. The van der Waals surface area contributed by atoms with Gasteiger partial charge in [0, 0.05) is 16.4 Å². The third-order valence-electron chi connectivity index (χ3n) is 6.49. The highest BCUT2D eigenvalue weighted by atomic mass is 32.2. The summed E-state index contributed by atoms with van der Waals surface area (Å²) < 4.78 is 78.5. The summed E-state index contributed by atoms with van der Waals surface area (Å²) in [6, 6.07) is 7.87. The fourth-order valence-corrected chi connectivity index (χ4v) is 5.77. The van der Waals surface area contributed by atoms with Crippen molar-refractivity contribution in [2.45, 2.75) is 48.5 Å². The topological polar surface area (TPSA) is 69.4 Å². The van der Waals surface area contributed by atoms with E-state index in [-0.39, 0.29) is 30.6 Å². The summed E-state index contributed by atoms with van der Waals surface area (Å²) in [6.45, 7) is 3.94. The zero-order valence-corrected chi connectivity index (χ0v) is 22.5. The van der Waals surface area contributed by atoms with E-state index in [1.165, 1.54) is 47.3 Å². The van der Waals surface area contributed by atoms with Crippen molar-refractivity contribution >= 4 is 17.8 Å². The highest BCUT2D eigenvalue weighted by Crippen LogP contribution is 2.47. The van der Waals surface area contributed by atoms with Crippen molar-refractivity contribution in [1.29, 1.82) is 0 Å². The van der Waals surface area contributed by atoms with Crippen LogP contribution in [0.15, 0.2) is 73.3 Å². The molecule has 2 heterocycles. The van der Waals surface area contributed by atoms with E-state index in [1.54, 1.807) is 38.2 Å². The molecule has 12 heteroatoms. The first-order valence-corrected chi connectivity index (χ1v) is 13.2. The third kappa shape index (κ3) is 7.17. The van der Waals surface area contributed by atoms with E-state index in [4.69, 9.17) is 9.47 Å². The maximum Gasteiger partial charge on any atom is 0.416 e. The molecule has 2 aromatic carbocycles. The molecule has 4 rings (SSSR count). The third-order valence-corrected chi connectivity index (χ3v) is 8.02. The van der Waals surface area contributed by atoms with Gasteiger partial charge in [-0.25, -0.2) is 18.4 Å². The average molecular weight is 582 g/mol. The van der Waals surface area contributed by atoms with Gasteiger partial charge in [0.25, 0.3) is 0 Å². The number of aromatic nitrogens is 3. The second-order valence-electron chi connectivity index (χ2n) is 9.73. The maximum atomic E-state index is 14.9. The number of benzene rings is 2. The normalized spacial score (nSPS) is 20.3. The van der Waals surface area contributed by atoms with Gasteiger partial charge in [0.1, 0.15) is 29.9 Å². The summed E-state index contributed by atoms with van der Waals surface area (Å²) in [5.74, 6) is -1.63. The van der Waals surface area contributed by atoms with Gasteiger partial charge < -0.3 is 14.6 Å². The second-order valence-corrected chi connectivity index (χ2v) is 11.6. The van der Waals surface area contributed by atoms with Crippen LogP contribution in [0.25, 0.3) is 6.08 Å². The molecular weight excluding hydrogens is 553 g/mol. The molecule has 1 saturated heterocycles. The van der Waals surface area contributed by atoms with Crippen LogP contribution in [0.5, 0.6) is 0 Å². The molecule has 0 radical (unpaired) electrons. The van der Waals surface area contributed by atoms with Gasteiger partial charge >= 0.3 is 6.18 Å². The smallest absolute Gasteiger partial charge is 0.382 e. The number of hydrogen-bond donors (Lipinski definition) is 1. The Labute approximate surface area is 232 Å². The van der Waals surface area contributed by atoms with Crippen molar-refractivity contribution in [2.24, 2.45) is 0 Å². The van der Waals surface area contributed by atoms with Gasteiger partial charge in [-0.3, -0.25) is 0 Å². The van der Waals surface area contributed by atoms with Gasteiger partial charge in [-0.05, 0) is 43.7 Å². The van der Waals surface area contributed by atoms with Gasteiger partial charge in [0.05, 0.1) is 30.6 Å². The summed E-state index contributed by atoms with van der Waals surface area (Å²) in [6.07, 6.45) is 4.36. The number of nitrogens with zero attached hydrogens (tertiary/aromatic N) is 3. The minimum atomic E-state index is -4.38. The molecule has 6 nitrogen and oxygen atoms in total. The highest BCUT2D eigenvalue weighted by molar-refractivity contribution is 8.01. The summed E-state index contributed by atoms with van der Waals surface area (Å²) in [7, 11) is 0. The first-order valence-electron chi connectivity index (χ1n) is 12.3. The van der Waals surface area contributed by atoms with Gasteiger partial charge in [0.15, 0.2) is 6.29 Å². The van der Waals surface area contributed by atoms with Crippen LogP contribution in [-0.2, 0) is 27.8 Å². The summed E-state index contributed by atoms with van der Waals surface area (Å²) in [4.78, 5) is 3.89. The van der Waals surface area contributed by atoms with Crippen molar-refractivity contribution < 1.29 is 36.5 Å². The largest absolute Gasteiger partial charge is 0.416 e. The van der Waals surface area contributed by atoms with Crippen LogP contribution in [0, 0.1) is 11.6 Å². The lowest BCUT2D eigenvalue weighted by Gasteiger charge is -2.45. The summed E-state index contributed by atoms with van der Waals surface area (Å²) in [5.41, 5.74) is -1.97. The first-order chi connectivity index (χ1) is 18.9. The predicted molar refractivity (Wildman–Crippen MR) is 141 cm³/mol. The molecule has 3 aromatic rings. The van der Waals surface area contributed by atoms with Gasteiger partial charge in [-0.1, -0.05) is 36.4 Å². The number of halogens is 5. The monoisotopic (exact) mass is 581 g/mol. The molecule has 1 aromatic heterocycles. The Balaban J connectivity index is 1.37. The zero-order chi connectivity index (χ0) is 29.0. The van der Waals surface area contributed by atoms with Crippen molar-refractivity contribution in [1.82, 2.24) is 14.8 Å². The summed E-state index contributed by atoms with van der Waals surface area (Å²) in [5, 5.41) is 15.7. The van der Waals surface area contributed by atoms with Crippen LogP contribution in [0.3, 0.4) is 0 Å². The van der Waals surface area contributed by atoms with Crippen molar-refractivity contribution in [3.63, 3.8) is 0 Å². The maximum absolute atomic E-state index is 14.9. The van der Waals surface area contributed by atoms with Crippen LogP contribution >= 0.6 is 11.8 Å². The fourth-order valence-electron chi connectivity index (χ4n) is 4.27. The number of alkyl halides is 3. The number of allylic oxidation sites excluding steroid dienone is 2. The molecular formula is C28H28F5N3O3S. The van der Waals surface area contributed by atoms with Gasteiger partial charge in [-0.2, -0.15) is 18.3 Å². The highest BCUT2D eigenvalue weighted by Gasteiger charge is 2.49. The molecule has 0 aliphatic carbocycles. The Morgan fingerprint density at radius 3 is 2.35 bits per heavy atom. The van der Waals surface area contributed by atoms with Gasteiger partial charge in [-0.15, -0.1) is 11.8 Å². The molecule has 1 aliphatic rings. The first kappa shape index (κ1) is 29.9. The minimum absolute atomic E-state index is 0.0693. The van der Waals surface area contributed by atoms with E-state index >= 15 is 0 Å². The van der Waals surface area contributed by atoms with Crippen molar-refractivity contribution in [2.75, 3.05) is 13.2 Å². The van der Waals surface area contributed by atoms with Crippen LogP contribution in [-0.4, -0.2) is 49.4 Å².